The Morgan fingerprint density at radius 2 is 1.28 bits per heavy atom. The van der Waals surface area contributed by atoms with Gasteiger partial charge in [-0.15, -0.1) is 0 Å². The Kier molecular flexibility index (Phi) is 4.77. The second kappa shape index (κ2) is 6.55. The zero-order valence-corrected chi connectivity index (χ0v) is 12.2. The van der Waals surface area contributed by atoms with E-state index in [4.69, 9.17) is 0 Å². The monoisotopic (exact) mass is 300 g/mol. The molecule has 2 aromatic rings. The first-order valence-corrected chi connectivity index (χ1v) is 7.37. The molecular formula is C17H17Br. The lowest BCUT2D eigenvalue weighted by atomic mass is 9.93. The molecule has 0 nitrogen and oxygen atoms in total. The van der Waals surface area contributed by atoms with Gasteiger partial charge in [-0.3, -0.25) is 0 Å². The highest BCUT2D eigenvalue weighted by molar-refractivity contribution is 9.09. The van der Waals surface area contributed by atoms with Crippen LogP contribution in [0.5, 0.6) is 0 Å². The summed E-state index contributed by atoms with van der Waals surface area (Å²) in [6.45, 7) is 2.21. The number of hydrogen-bond donors (Lipinski definition) is 0. The molecule has 0 saturated carbocycles. The molecule has 0 N–H and O–H groups in total. The van der Waals surface area contributed by atoms with Crippen LogP contribution in [0.1, 0.15) is 24.5 Å². The van der Waals surface area contributed by atoms with E-state index < -0.39 is 0 Å². The van der Waals surface area contributed by atoms with Crippen LogP contribution in [0.15, 0.2) is 66.2 Å². The summed E-state index contributed by atoms with van der Waals surface area (Å²) in [5.41, 5.74) is 5.38. The highest BCUT2D eigenvalue weighted by atomic mass is 79.9. The summed E-state index contributed by atoms with van der Waals surface area (Å²) in [6.07, 6.45) is 1.06. The summed E-state index contributed by atoms with van der Waals surface area (Å²) < 4.78 is 0. The second-order valence-corrected chi connectivity index (χ2v) is 4.76. The van der Waals surface area contributed by atoms with E-state index >= 15 is 0 Å². The maximum atomic E-state index is 3.61. The number of allylic oxidation sites excluding steroid dienone is 1. The Hall–Kier alpha value is -1.34. The Morgan fingerprint density at radius 1 is 0.833 bits per heavy atom. The average molecular weight is 301 g/mol. The third-order valence-corrected chi connectivity index (χ3v) is 3.74. The van der Waals surface area contributed by atoms with Crippen molar-refractivity contribution < 1.29 is 0 Å². The largest absolute Gasteiger partial charge is 0.0880 e. The zero-order valence-electron chi connectivity index (χ0n) is 10.6. The van der Waals surface area contributed by atoms with Crippen LogP contribution in [0.25, 0.3) is 5.57 Å². The minimum Gasteiger partial charge on any atom is -0.0880 e. The fraction of sp³-hybridized carbons (Fsp3) is 0.176. The molecule has 0 fully saturated rings. The van der Waals surface area contributed by atoms with E-state index in [0.717, 1.165) is 11.8 Å². The van der Waals surface area contributed by atoms with Gasteiger partial charge in [-0.2, -0.15) is 0 Å². The minimum absolute atomic E-state index is 0.919. The predicted molar refractivity (Wildman–Crippen MR) is 83.0 cm³/mol. The van der Waals surface area contributed by atoms with Crippen LogP contribution in [0.3, 0.4) is 0 Å². The highest BCUT2D eigenvalue weighted by Gasteiger charge is 2.09. The van der Waals surface area contributed by atoms with E-state index in [2.05, 4.69) is 83.5 Å². The van der Waals surface area contributed by atoms with Gasteiger partial charge < -0.3 is 0 Å². The lowest BCUT2D eigenvalue weighted by Gasteiger charge is -2.13. The first kappa shape index (κ1) is 13.1. The maximum absolute atomic E-state index is 3.61. The quantitative estimate of drug-likeness (QED) is 0.673. The van der Waals surface area contributed by atoms with Gasteiger partial charge in [0.1, 0.15) is 0 Å². The second-order valence-electron chi connectivity index (χ2n) is 4.20. The van der Waals surface area contributed by atoms with Crippen LogP contribution in [0.2, 0.25) is 0 Å². The van der Waals surface area contributed by atoms with Crippen molar-refractivity contribution in [3.8, 4) is 0 Å². The normalized spacial score (nSPS) is 10.1. The Labute approximate surface area is 117 Å². The van der Waals surface area contributed by atoms with Gasteiger partial charge in [0.05, 0.1) is 0 Å². The van der Waals surface area contributed by atoms with Gasteiger partial charge in [-0.1, -0.05) is 89.1 Å². The van der Waals surface area contributed by atoms with Crippen molar-refractivity contribution in [1.82, 2.24) is 0 Å². The first-order valence-electron chi connectivity index (χ1n) is 6.25. The third-order valence-electron chi connectivity index (χ3n) is 3.07. The molecule has 0 amide bonds. The van der Waals surface area contributed by atoms with E-state index in [1.807, 2.05) is 0 Å². The molecule has 0 aliphatic rings. The molecule has 2 rings (SSSR count). The van der Waals surface area contributed by atoms with Crippen LogP contribution in [0.4, 0.5) is 0 Å². The summed E-state index contributed by atoms with van der Waals surface area (Å²) in [5.74, 6) is 0. The third kappa shape index (κ3) is 2.91. The Balaban J connectivity index is 2.59. The van der Waals surface area contributed by atoms with Crippen LogP contribution in [-0.4, -0.2) is 5.33 Å². The van der Waals surface area contributed by atoms with Crippen molar-refractivity contribution in [3.63, 3.8) is 0 Å². The van der Waals surface area contributed by atoms with Crippen LogP contribution in [0, 0.1) is 0 Å². The molecule has 0 aliphatic heterocycles. The molecule has 0 radical (unpaired) electrons. The molecule has 0 aromatic heterocycles. The van der Waals surface area contributed by atoms with Crippen molar-refractivity contribution >= 4 is 21.5 Å². The molecule has 92 valence electrons. The molecule has 18 heavy (non-hydrogen) atoms. The number of benzene rings is 2. The van der Waals surface area contributed by atoms with E-state index in [-0.39, 0.29) is 0 Å². The SMILES string of the molecule is CCC(CBr)=C(c1ccccc1)c1ccccc1. The van der Waals surface area contributed by atoms with Crippen LogP contribution >= 0.6 is 15.9 Å². The van der Waals surface area contributed by atoms with Crippen LogP contribution in [-0.2, 0) is 0 Å². The lowest BCUT2D eigenvalue weighted by Crippen LogP contribution is -1.95. The number of rotatable bonds is 4. The summed E-state index contributed by atoms with van der Waals surface area (Å²) in [7, 11) is 0. The Bertz CT molecular complexity index is 464. The minimum atomic E-state index is 0.919. The number of alkyl halides is 1. The Morgan fingerprint density at radius 3 is 1.61 bits per heavy atom. The number of halogens is 1. The van der Waals surface area contributed by atoms with Crippen molar-refractivity contribution in [1.29, 1.82) is 0 Å². The molecule has 1 heteroatoms. The van der Waals surface area contributed by atoms with E-state index in [1.54, 1.807) is 0 Å². The topological polar surface area (TPSA) is 0 Å². The van der Waals surface area contributed by atoms with Crippen LogP contribution < -0.4 is 0 Å². The van der Waals surface area contributed by atoms with Gasteiger partial charge >= 0.3 is 0 Å². The van der Waals surface area contributed by atoms with E-state index in [9.17, 15) is 0 Å². The summed E-state index contributed by atoms with van der Waals surface area (Å²) in [6, 6.07) is 21.2. The van der Waals surface area contributed by atoms with E-state index in [1.165, 1.54) is 22.3 Å². The molecule has 0 saturated heterocycles. The van der Waals surface area contributed by atoms with Gasteiger partial charge in [0.25, 0.3) is 0 Å². The van der Waals surface area contributed by atoms with E-state index in [0.29, 0.717) is 0 Å². The standard InChI is InChI=1S/C17H17Br/c1-2-14(13-18)17(15-9-5-3-6-10-15)16-11-7-4-8-12-16/h3-12H,2,13H2,1H3. The van der Waals surface area contributed by atoms with Gasteiger partial charge in [0.15, 0.2) is 0 Å². The lowest BCUT2D eigenvalue weighted by molar-refractivity contribution is 1.11. The van der Waals surface area contributed by atoms with Gasteiger partial charge in [0.2, 0.25) is 0 Å². The average Bonchev–Trinajstić information content (AvgIpc) is 2.46. The van der Waals surface area contributed by atoms with Gasteiger partial charge in [0, 0.05) is 5.33 Å². The van der Waals surface area contributed by atoms with Gasteiger partial charge in [-0.25, -0.2) is 0 Å². The molecule has 0 atom stereocenters. The number of hydrogen-bond acceptors (Lipinski definition) is 0. The smallest absolute Gasteiger partial charge is 0.0251 e. The van der Waals surface area contributed by atoms with Gasteiger partial charge in [-0.05, 0) is 23.1 Å². The highest BCUT2D eigenvalue weighted by Crippen LogP contribution is 2.29. The van der Waals surface area contributed by atoms with Crippen molar-refractivity contribution in [2.24, 2.45) is 0 Å². The fourth-order valence-electron chi connectivity index (χ4n) is 2.12. The van der Waals surface area contributed by atoms with Crippen molar-refractivity contribution in [2.45, 2.75) is 13.3 Å². The molecular weight excluding hydrogens is 284 g/mol. The fourth-order valence-corrected chi connectivity index (χ4v) is 2.80. The molecule has 2 aromatic carbocycles. The zero-order chi connectivity index (χ0) is 12.8. The van der Waals surface area contributed by atoms with Crippen molar-refractivity contribution in [3.05, 3.63) is 77.4 Å². The summed E-state index contributed by atoms with van der Waals surface area (Å²) in [5, 5.41) is 0.919. The molecule has 0 bridgehead atoms. The molecule has 0 unspecified atom stereocenters. The molecule has 0 spiro atoms. The predicted octanol–water partition coefficient (Wildman–Crippen LogP) is 5.29. The van der Waals surface area contributed by atoms with Crippen molar-refractivity contribution in [2.75, 3.05) is 5.33 Å². The molecule has 0 aliphatic carbocycles. The summed E-state index contributed by atoms with van der Waals surface area (Å²) in [4.78, 5) is 0. The summed E-state index contributed by atoms with van der Waals surface area (Å²) >= 11 is 3.61. The first-order chi connectivity index (χ1) is 8.86. The molecule has 0 heterocycles. The maximum Gasteiger partial charge on any atom is 0.0251 e.